The number of nitrogens with one attached hydrogen (secondary N) is 2. The van der Waals surface area contributed by atoms with Crippen molar-refractivity contribution >= 4 is 17.5 Å². The van der Waals surface area contributed by atoms with Crippen LogP contribution in [0.3, 0.4) is 0 Å². The van der Waals surface area contributed by atoms with Crippen LogP contribution in [0, 0.1) is 0 Å². The molecule has 1 fully saturated rings. The van der Waals surface area contributed by atoms with Gasteiger partial charge in [0.1, 0.15) is 0 Å². The van der Waals surface area contributed by atoms with Crippen molar-refractivity contribution in [1.82, 2.24) is 10.6 Å². The molecule has 4 N–H and O–H groups in total. The molecule has 0 aromatic heterocycles. The smallest absolute Gasteiger partial charge is 0.251 e. The van der Waals surface area contributed by atoms with Crippen molar-refractivity contribution in [2.75, 3.05) is 18.0 Å². The normalized spacial score (nSPS) is 27.3. The van der Waals surface area contributed by atoms with Crippen molar-refractivity contribution in [3.63, 3.8) is 0 Å². The van der Waals surface area contributed by atoms with Crippen LogP contribution in [-0.4, -0.2) is 43.0 Å². The molecule has 6 nitrogen and oxygen atoms in total. The molecule has 6 heteroatoms. The maximum absolute atomic E-state index is 13.3. The van der Waals surface area contributed by atoms with E-state index in [1.54, 1.807) is 0 Å². The number of allylic oxidation sites excluding steroid dienone is 2. The van der Waals surface area contributed by atoms with Gasteiger partial charge in [-0.2, -0.15) is 0 Å². The average Bonchev–Trinajstić information content (AvgIpc) is 2.79. The Bertz CT molecular complexity index is 943. The first-order valence-corrected chi connectivity index (χ1v) is 12.6. The van der Waals surface area contributed by atoms with Crippen LogP contribution in [0.4, 0.5) is 5.69 Å². The van der Waals surface area contributed by atoms with Crippen molar-refractivity contribution in [1.29, 1.82) is 0 Å². The van der Waals surface area contributed by atoms with Crippen LogP contribution in [0.1, 0.15) is 74.7 Å². The number of benzene rings is 1. The Morgan fingerprint density at radius 2 is 1.88 bits per heavy atom. The van der Waals surface area contributed by atoms with Gasteiger partial charge in [-0.3, -0.25) is 9.59 Å². The van der Waals surface area contributed by atoms with Crippen LogP contribution in [-0.2, 0) is 11.2 Å². The van der Waals surface area contributed by atoms with Gasteiger partial charge in [0.25, 0.3) is 5.91 Å². The largest absolute Gasteiger partial charge is 0.369 e. The molecule has 1 atom stereocenters. The van der Waals surface area contributed by atoms with E-state index in [9.17, 15) is 9.59 Å². The third-order valence-corrected chi connectivity index (χ3v) is 7.39. The lowest BCUT2D eigenvalue weighted by molar-refractivity contribution is -0.118. The molecule has 2 amide bonds. The van der Waals surface area contributed by atoms with Crippen molar-refractivity contribution in [2.24, 2.45) is 5.73 Å². The molecule has 3 aliphatic rings. The van der Waals surface area contributed by atoms with Crippen molar-refractivity contribution in [3.05, 3.63) is 52.6 Å². The molecule has 4 rings (SSSR count). The zero-order chi connectivity index (χ0) is 23.4. The van der Waals surface area contributed by atoms with Gasteiger partial charge in [-0.25, -0.2) is 0 Å². The maximum Gasteiger partial charge on any atom is 0.251 e. The van der Waals surface area contributed by atoms with Gasteiger partial charge in [-0.1, -0.05) is 23.8 Å². The van der Waals surface area contributed by atoms with E-state index < -0.39 is 0 Å². The molecule has 2 aliphatic heterocycles. The fourth-order valence-electron chi connectivity index (χ4n) is 5.62. The predicted molar refractivity (Wildman–Crippen MR) is 133 cm³/mol. The van der Waals surface area contributed by atoms with E-state index in [1.165, 1.54) is 5.57 Å². The molecule has 0 radical (unpaired) electrons. The number of fused-ring (bicyclic) bond motifs is 1. The highest BCUT2D eigenvalue weighted by atomic mass is 16.2. The number of nitrogens with zero attached hydrogens (tertiary/aromatic N) is 1. The lowest BCUT2D eigenvalue weighted by Gasteiger charge is -2.38. The van der Waals surface area contributed by atoms with Gasteiger partial charge in [0, 0.05) is 48.0 Å². The van der Waals surface area contributed by atoms with E-state index >= 15 is 0 Å². The Balaban J connectivity index is 1.65. The number of rotatable bonds is 3. The zero-order valence-corrected chi connectivity index (χ0v) is 20.0. The topological polar surface area (TPSA) is 87.5 Å². The van der Waals surface area contributed by atoms with E-state index in [4.69, 9.17) is 5.73 Å². The highest BCUT2D eigenvalue weighted by Gasteiger charge is 2.28. The molecule has 0 bridgehead atoms. The molecule has 1 aromatic carbocycles. The third kappa shape index (κ3) is 5.32. The standard InChI is InChI=1S/C27H38N4O2/c1-3-31(21-14-12-20(28)13-15-21)25-11-7-10-23-22(25)9-6-4-5-8-19-16-18(2)30-27(33)24(19)17-29-26(23)32/h4,6-7,10-11,18,20-21H,3,5,8-9,12-17,28H2,1-2H3,(H,29,32)(H,30,33)/b6-4+. The maximum atomic E-state index is 13.3. The van der Waals surface area contributed by atoms with Gasteiger partial charge in [0.05, 0.1) is 0 Å². The lowest BCUT2D eigenvalue weighted by Crippen LogP contribution is -2.42. The summed E-state index contributed by atoms with van der Waals surface area (Å²) in [5, 5.41) is 6.07. The van der Waals surface area contributed by atoms with Gasteiger partial charge in [0.15, 0.2) is 0 Å². The molecule has 33 heavy (non-hydrogen) atoms. The van der Waals surface area contributed by atoms with Gasteiger partial charge in [0.2, 0.25) is 5.91 Å². The van der Waals surface area contributed by atoms with Crippen molar-refractivity contribution in [2.45, 2.75) is 83.3 Å². The van der Waals surface area contributed by atoms with E-state index in [0.29, 0.717) is 17.6 Å². The van der Waals surface area contributed by atoms with Crippen LogP contribution in [0.2, 0.25) is 0 Å². The second-order valence-electron chi connectivity index (χ2n) is 9.72. The fourth-order valence-corrected chi connectivity index (χ4v) is 5.62. The molecule has 1 saturated carbocycles. The number of amides is 2. The summed E-state index contributed by atoms with van der Waals surface area (Å²) >= 11 is 0. The molecule has 1 aliphatic carbocycles. The number of carbonyl (C=O) groups excluding carboxylic acids is 2. The van der Waals surface area contributed by atoms with E-state index in [2.05, 4.69) is 40.7 Å². The number of hydrogen-bond donors (Lipinski definition) is 3. The third-order valence-electron chi connectivity index (χ3n) is 7.39. The first-order chi connectivity index (χ1) is 16.0. The summed E-state index contributed by atoms with van der Waals surface area (Å²) < 4.78 is 0. The number of anilines is 1. The van der Waals surface area contributed by atoms with Gasteiger partial charge < -0.3 is 21.3 Å². The highest BCUT2D eigenvalue weighted by molar-refractivity contribution is 6.00. The summed E-state index contributed by atoms with van der Waals surface area (Å²) in [7, 11) is 0. The molecule has 0 saturated heterocycles. The number of nitrogens with two attached hydrogens (primary N) is 1. The average molecular weight is 451 g/mol. The monoisotopic (exact) mass is 450 g/mol. The Labute approximate surface area is 197 Å². The van der Waals surface area contributed by atoms with E-state index in [1.807, 2.05) is 19.1 Å². The summed E-state index contributed by atoms with van der Waals surface area (Å²) in [4.78, 5) is 28.4. The molecule has 1 unspecified atom stereocenters. The Morgan fingerprint density at radius 1 is 1.09 bits per heavy atom. The fraction of sp³-hybridized carbons (Fsp3) is 0.556. The van der Waals surface area contributed by atoms with Crippen LogP contribution >= 0.6 is 0 Å². The molecule has 178 valence electrons. The zero-order valence-electron chi connectivity index (χ0n) is 20.0. The molecular formula is C27H38N4O2. The van der Waals surface area contributed by atoms with Gasteiger partial charge >= 0.3 is 0 Å². The summed E-state index contributed by atoms with van der Waals surface area (Å²) in [5.74, 6) is -0.160. The first-order valence-electron chi connectivity index (χ1n) is 12.6. The summed E-state index contributed by atoms with van der Waals surface area (Å²) in [6.45, 7) is 5.40. The highest BCUT2D eigenvalue weighted by Crippen LogP contribution is 2.32. The molecule has 0 spiro atoms. The van der Waals surface area contributed by atoms with Crippen molar-refractivity contribution < 1.29 is 9.59 Å². The minimum absolute atomic E-state index is 0.0493. The number of carbonyl (C=O) groups is 2. The van der Waals surface area contributed by atoms with E-state index in [0.717, 1.165) is 74.7 Å². The van der Waals surface area contributed by atoms with Crippen LogP contribution in [0.15, 0.2) is 41.5 Å². The minimum atomic E-state index is -0.110. The Hall–Kier alpha value is -2.60. The van der Waals surface area contributed by atoms with Gasteiger partial charge in [-0.15, -0.1) is 0 Å². The second kappa shape index (κ2) is 10.6. The molecule has 1 aromatic rings. The first kappa shape index (κ1) is 23.6. The quantitative estimate of drug-likeness (QED) is 0.614. The van der Waals surface area contributed by atoms with Crippen molar-refractivity contribution in [3.8, 4) is 0 Å². The van der Waals surface area contributed by atoms with E-state index in [-0.39, 0.29) is 24.4 Å². The Kier molecular flexibility index (Phi) is 7.53. The molecular weight excluding hydrogens is 412 g/mol. The predicted octanol–water partition coefficient (Wildman–Crippen LogP) is 3.61. The second-order valence-corrected chi connectivity index (χ2v) is 9.72. The summed E-state index contributed by atoms with van der Waals surface area (Å²) in [5.41, 5.74) is 11.0. The van der Waals surface area contributed by atoms with Crippen LogP contribution in [0.5, 0.6) is 0 Å². The summed E-state index contributed by atoms with van der Waals surface area (Å²) in [6, 6.07) is 6.96. The molecule has 2 heterocycles. The lowest BCUT2D eigenvalue weighted by atomic mass is 9.89. The summed E-state index contributed by atoms with van der Waals surface area (Å²) in [6.07, 6.45) is 12.0. The Morgan fingerprint density at radius 3 is 2.64 bits per heavy atom. The minimum Gasteiger partial charge on any atom is -0.369 e. The van der Waals surface area contributed by atoms with Gasteiger partial charge in [-0.05, 0) is 82.9 Å². The SMILES string of the molecule is CCN(c1cccc2c1C/C=C/CCC1=C(CNC2=O)C(=O)NC(C)C1)C1CCC(N)CC1. The number of hydrogen-bond acceptors (Lipinski definition) is 4. The van der Waals surface area contributed by atoms with Crippen LogP contribution < -0.4 is 21.3 Å². The van der Waals surface area contributed by atoms with Crippen LogP contribution in [0.25, 0.3) is 0 Å².